The highest BCUT2D eigenvalue weighted by atomic mass is 19.1. The van der Waals surface area contributed by atoms with Gasteiger partial charge in [-0.3, -0.25) is 4.79 Å². The van der Waals surface area contributed by atoms with Crippen molar-refractivity contribution in [2.45, 2.75) is 13.8 Å². The van der Waals surface area contributed by atoms with Crippen LogP contribution in [0.2, 0.25) is 0 Å². The van der Waals surface area contributed by atoms with Gasteiger partial charge in [0.05, 0.1) is 35.4 Å². The molecule has 1 fully saturated rings. The lowest BCUT2D eigenvalue weighted by molar-refractivity contribution is 0.0745. The molecule has 2 aromatic carbocycles. The van der Waals surface area contributed by atoms with E-state index in [1.54, 1.807) is 23.9 Å². The Bertz CT molecular complexity index is 1050. The summed E-state index contributed by atoms with van der Waals surface area (Å²) in [7, 11) is 1.67. The molecule has 0 atom stereocenters. The van der Waals surface area contributed by atoms with E-state index in [-0.39, 0.29) is 11.7 Å². The Morgan fingerprint density at radius 3 is 2.33 bits per heavy atom. The maximum absolute atomic E-state index is 13.3. The first-order valence-corrected chi connectivity index (χ1v) is 9.99. The fourth-order valence-corrected chi connectivity index (χ4v) is 3.99. The van der Waals surface area contributed by atoms with E-state index in [0.717, 1.165) is 35.9 Å². The van der Waals surface area contributed by atoms with E-state index >= 15 is 0 Å². The molecule has 1 saturated heterocycles. The number of nitrogens with zero attached hydrogens (tertiary/aromatic N) is 4. The topological polar surface area (TPSA) is 50.6 Å². The number of piperazine rings is 1. The molecular formula is C23H25FN4O2. The van der Waals surface area contributed by atoms with Crippen LogP contribution in [0.1, 0.15) is 21.7 Å². The molecule has 0 unspecified atom stereocenters. The zero-order chi connectivity index (χ0) is 21.3. The molecule has 0 spiro atoms. The van der Waals surface area contributed by atoms with Crippen molar-refractivity contribution in [1.29, 1.82) is 0 Å². The lowest BCUT2D eigenvalue weighted by atomic mass is 10.1. The third-order valence-electron chi connectivity index (χ3n) is 5.57. The molecule has 2 heterocycles. The summed E-state index contributed by atoms with van der Waals surface area (Å²) in [5.74, 6) is 0.520. The third kappa shape index (κ3) is 3.63. The Morgan fingerprint density at radius 2 is 1.67 bits per heavy atom. The smallest absolute Gasteiger partial charge is 0.257 e. The third-order valence-corrected chi connectivity index (χ3v) is 5.57. The van der Waals surface area contributed by atoms with E-state index in [1.165, 1.54) is 12.1 Å². The predicted molar refractivity (Wildman–Crippen MR) is 114 cm³/mol. The van der Waals surface area contributed by atoms with Gasteiger partial charge in [0.15, 0.2) is 0 Å². The Morgan fingerprint density at radius 1 is 1.00 bits per heavy atom. The number of rotatable bonds is 4. The summed E-state index contributed by atoms with van der Waals surface area (Å²) in [6.07, 6.45) is 0. The first-order valence-electron chi connectivity index (χ1n) is 9.99. The van der Waals surface area contributed by atoms with Gasteiger partial charge in [0.25, 0.3) is 5.91 Å². The molecule has 0 saturated carbocycles. The number of anilines is 1. The van der Waals surface area contributed by atoms with Crippen LogP contribution in [0, 0.1) is 19.7 Å². The van der Waals surface area contributed by atoms with Crippen LogP contribution in [0.5, 0.6) is 5.75 Å². The molecule has 1 aromatic heterocycles. The molecule has 156 valence electrons. The Balaban J connectivity index is 1.51. The molecule has 4 rings (SSSR count). The van der Waals surface area contributed by atoms with Crippen LogP contribution in [0.4, 0.5) is 10.1 Å². The van der Waals surface area contributed by atoms with Crippen molar-refractivity contribution in [3.05, 3.63) is 71.3 Å². The number of methoxy groups -OCH3 is 1. The highest BCUT2D eigenvalue weighted by Crippen LogP contribution is 2.29. The highest BCUT2D eigenvalue weighted by molar-refractivity contribution is 5.96. The molecule has 0 aliphatic carbocycles. The summed E-state index contributed by atoms with van der Waals surface area (Å²) < 4.78 is 20.4. The van der Waals surface area contributed by atoms with Crippen molar-refractivity contribution < 1.29 is 13.9 Å². The van der Waals surface area contributed by atoms with Crippen LogP contribution in [-0.2, 0) is 0 Å². The first-order chi connectivity index (χ1) is 14.5. The summed E-state index contributed by atoms with van der Waals surface area (Å²) in [5.41, 5.74) is 3.83. The molecule has 30 heavy (non-hydrogen) atoms. The molecule has 1 aliphatic heterocycles. The molecule has 6 nitrogen and oxygen atoms in total. The lowest BCUT2D eigenvalue weighted by Gasteiger charge is -2.36. The number of ether oxygens (including phenoxy) is 1. The van der Waals surface area contributed by atoms with Crippen LogP contribution < -0.4 is 9.64 Å². The molecule has 7 heteroatoms. The van der Waals surface area contributed by atoms with Gasteiger partial charge in [-0.25, -0.2) is 9.07 Å². The van der Waals surface area contributed by atoms with Gasteiger partial charge in [0.1, 0.15) is 11.6 Å². The van der Waals surface area contributed by atoms with Crippen molar-refractivity contribution in [3.8, 4) is 11.4 Å². The fourth-order valence-electron chi connectivity index (χ4n) is 3.99. The van der Waals surface area contributed by atoms with Crippen LogP contribution in [0.15, 0.2) is 48.5 Å². The molecule has 0 N–H and O–H groups in total. The summed E-state index contributed by atoms with van der Waals surface area (Å²) in [4.78, 5) is 17.4. The average Bonchev–Trinajstić information content (AvgIpc) is 3.07. The van der Waals surface area contributed by atoms with Gasteiger partial charge >= 0.3 is 0 Å². The lowest BCUT2D eigenvalue weighted by Crippen LogP contribution is -2.49. The second-order valence-corrected chi connectivity index (χ2v) is 7.39. The minimum absolute atomic E-state index is 0.0157. The van der Waals surface area contributed by atoms with Gasteiger partial charge in [-0.15, -0.1) is 0 Å². The quantitative estimate of drug-likeness (QED) is 0.662. The number of aromatic nitrogens is 2. The first kappa shape index (κ1) is 19.9. The zero-order valence-corrected chi connectivity index (χ0v) is 17.4. The summed E-state index contributed by atoms with van der Waals surface area (Å²) in [6.45, 7) is 6.43. The predicted octanol–water partition coefficient (Wildman–Crippen LogP) is 3.60. The number of hydrogen-bond acceptors (Lipinski definition) is 4. The summed E-state index contributed by atoms with van der Waals surface area (Å²) in [6, 6.07) is 14.0. The van der Waals surface area contributed by atoms with Crippen LogP contribution in [0.25, 0.3) is 5.69 Å². The molecule has 0 radical (unpaired) electrons. The van der Waals surface area contributed by atoms with E-state index < -0.39 is 0 Å². The van der Waals surface area contributed by atoms with Crippen LogP contribution in [0.3, 0.4) is 0 Å². The fraction of sp³-hybridized carbons (Fsp3) is 0.304. The Hall–Kier alpha value is -3.35. The second kappa shape index (κ2) is 8.18. The standard InChI is InChI=1S/C23H25FN4O2/c1-16-22(17(2)28(25-16)19-10-8-18(24)9-11-19)23(29)27-14-12-26(13-15-27)20-6-4-5-7-21(20)30-3/h4-11H,12-15H2,1-3H3. The van der Waals surface area contributed by atoms with E-state index in [9.17, 15) is 9.18 Å². The second-order valence-electron chi connectivity index (χ2n) is 7.39. The van der Waals surface area contributed by atoms with Crippen molar-refractivity contribution in [1.82, 2.24) is 14.7 Å². The van der Waals surface area contributed by atoms with E-state index in [0.29, 0.717) is 24.3 Å². The van der Waals surface area contributed by atoms with Gasteiger partial charge in [0, 0.05) is 26.2 Å². The number of benzene rings is 2. The minimum Gasteiger partial charge on any atom is -0.495 e. The van der Waals surface area contributed by atoms with Crippen molar-refractivity contribution in [2.75, 3.05) is 38.2 Å². The maximum atomic E-state index is 13.3. The van der Waals surface area contributed by atoms with Gasteiger partial charge in [-0.05, 0) is 50.2 Å². The maximum Gasteiger partial charge on any atom is 0.257 e. The van der Waals surface area contributed by atoms with Gasteiger partial charge in [0.2, 0.25) is 0 Å². The number of halogens is 1. The number of para-hydroxylation sites is 2. The van der Waals surface area contributed by atoms with Crippen LogP contribution >= 0.6 is 0 Å². The molecule has 0 bridgehead atoms. The Labute approximate surface area is 175 Å². The van der Waals surface area contributed by atoms with E-state index in [2.05, 4.69) is 10.00 Å². The monoisotopic (exact) mass is 408 g/mol. The van der Waals surface area contributed by atoms with E-state index in [4.69, 9.17) is 4.74 Å². The SMILES string of the molecule is COc1ccccc1N1CCN(C(=O)c2c(C)nn(-c3ccc(F)cc3)c2C)CC1. The van der Waals surface area contributed by atoms with Crippen LogP contribution in [-0.4, -0.2) is 53.9 Å². The molecule has 1 aliphatic rings. The zero-order valence-electron chi connectivity index (χ0n) is 17.4. The number of aryl methyl sites for hydroxylation is 1. The van der Waals surface area contributed by atoms with Gasteiger partial charge < -0.3 is 14.5 Å². The minimum atomic E-state index is -0.301. The van der Waals surface area contributed by atoms with Crippen molar-refractivity contribution in [2.24, 2.45) is 0 Å². The number of hydrogen-bond donors (Lipinski definition) is 0. The Kier molecular flexibility index (Phi) is 5.44. The van der Waals surface area contributed by atoms with Crippen molar-refractivity contribution >= 4 is 11.6 Å². The molecule has 3 aromatic rings. The normalized spacial score (nSPS) is 14.1. The van der Waals surface area contributed by atoms with Gasteiger partial charge in [-0.1, -0.05) is 12.1 Å². The number of carbonyl (C=O) groups excluding carboxylic acids is 1. The van der Waals surface area contributed by atoms with E-state index in [1.807, 2.05) is 43.0 Å². The largest absolute Gasteiger partial charge is 0.495 e. The number of amides is 1. The summed E-state index contributed by atoms with van der Waals surface area (Å²) >= 11 is 0. The molecular weight excluding hydrogens is 383 g/mol. The summed E-state index contributed by atoms with van der Waals surface area (Å²) in [5, 5.41) is 4.53. The molecule has 1 amide bonds. The van der Waals surface area contributed by atoms with Gasteiger partial charge in [-0.2, -0.15) is 5.10 Å². The highest BCUT2D eigenvalue weighted by Gasteiger charge is 2.28. The van der Waals surface area contributed by atoms with Crippen molar-refractivity contribution in [3.63, 3.8) is 0 Å². The average molecular weight is 408 g/mol. The number of carbonyl (C=O) groups is 1.